The Morgan fingerprint density at radius 1 is 1.00 bits per heavy atom. The van der Waals surface area contributed by atoms with Crippen molar-refractivity contribution in [1.82, 2.24) is 10.2 Å². The van der Waals surface area contributed by atoms with E-state index in [1.165, 1.54) is 29.5 Å². The minimum Gasteiger partial charge on any atom is -0.482 e. The average Bonchev–Trinajstić information content (AvgIpc) is 3.30. The molecule has 0 atom stereocenters. The molecule has 1 aromatic heterocycles. The predicted octanol–water partition coefficient (Wildman–Crippen LogP) is 3.85. The average molecular weight is 639 g/mol. The van der Waals surface area contributed by atoms with Gasteiger partial charge in [-0.1, -0.05) is 0 Å². The number of esters is 1. The van der Waals surface area contributed by atoms with Crippen molar-refractivity contribution >= 4 is 45.2 Å². The van der Waals surface area contributed by atoms with Gasteiger partial charge in [-0.25, -0.2) is 9.59 Å². The Hall–Kier alpha value is -3.49. The molecule has 236 valence electrons. The first-order chi connectivity index (χ1) is 19.8. The first-order valence-corrected chi connectivity index (χ1v) is 16.2. The largest absolute Gasteiger partial charge is 0.482 e. The molecule has 0 unspecified atom stereocenters. The lowest BCUT2D eigenvalue weighted by molar-refractivity contribution is -0.157. The minimum absolute atomic E-state index is 0.139. The molecule has 1 aliphatic rings. The number of ketones is 1. The number of rotatable bonds is 10. The minimum atomic E-state index is -3.81. The van der Waals surface area contributed by atoms with Crippen LogP contribution in [-0.2, 0) is 48.1 Å². The van der Waals surface area contributed by atoms with Crippen LogP contribution in [0.3, 0.4) is 0 Å². The molecular weight excluding hydrogens is 600 g/mol. The molecule has 0 saturated carbocycles. The van der Waals surface area contributed by atoms with E-state index < -0.39 is 58.3 Å². The number of hydrogen-bond acceptors (Lipinski definition) is 11. The van der Waals surface area contributed by atoms with Gasteiger partial charge in [0.1, 0.15) is 17.0 Å². The van der Waals surface area contributed by atoms with Crippen LogP contribution in [0.5, 0.6) is 5.75 Å². The van der Waals surface area contributed by atoms with Crippen LogP contribution in [0.4, 0.5) is 4.79 Å². The zero-order chi connectivity index (χ0) is 32.2. The van der Waals surface area contributed by atoms with Crippen molar-refractivity contribution in [2.24, 2.45) is 0 Å². The summed E-state index contributed by atoms with van der Waals surface area (Å²) in [6, 6.07) is 5.97. The quantitative estimate of drug-likeness (QED) is 0.231. The molecule has 3 rings (SSSR count). The Kier molecular flexibility index (Phi) is 10.6. The number of thiophene rings is 1. The second-order valence-corrected chi connectivity index (χ2v) is 14.8. The summed E-state index contributed by atoms with van der Waals surface area (Å²) in [5.74, 6) is -1.36. The van der Waals surface area contributed by atoms with Gasteiger partial charge in [0.05, 0.1) is 30.8 Å². The second-order valence-electron chi connectivity index (χ2n) is 12.0. The van der Waals surface area contributed by atoms with Crippen LogP contribution in [0, 0.1) is 0 Å². The van der Waals surface area contributed by atoms with Gasteiger partial charge >= 0.3 is 12.1 Å². The Labute approximate surface area is 255 Å². The van der Waals surface area contributed by atoms with Gasteiger partial charge in [-0.05, 0) is 77.8 Å². The highest BCUT2D eigenvalue weighted by molar-refractivity contribution is 7.85. The summed E-state index contributed by atoms with van der Waals surface area (Å²) in [6.07, 6.45) is 1.06. The molecule has 0 fully saturated rings. The molecule has 0 saturated heterocycles. The molecule has 1 aromatic carbocycles. The van der Waals surface area contributed by atoms with Crippen LogP contribution in [0.15, 0.2) is 24.3 Å². The Balaban J connectivity index is 1.65. The van der Waals surface area contributed by atoms with Crippen molar-refractivity contribution in [1.29, 1.82) is 0 Å². The van der Waals surface area contributed by atoms with Gasteiger partial charge < -0.3 is 24.4 Å². The Morgan fingerprint density at radius 3 is 2.30 bits per heavy atom. The number of carbonyl (C=O) groups is 4. The van der Waals surface area contributed by atoms with E-state index in [9.17, 15) is 27.6 Å². The maximum Gasteiger partial charge on any atom is 0.410 e. The lowest BCUT2D eigenvalue weighted by Gasteiger charge is -2.29. The summed E-state index contributed by atoms with van der Waals surface area (Å²) in [6.45, 7) is 10.1. The highest BCUT2D eigenvalue weighted by atomic mass is 32.2. The third kappa shape index (κ3) is 10.9. The normalized spacial score (nSPS) is 13.6. The molecular formula is C29H38N2O10S2. The van der Waals surface area contributed by atoms with Crippen LogP contribution in [0.25, 0.3) is 0 Å². The van der Waals surface area contributed by atoms with E-state index in [1.54, 1.807) is 52.5 Å². The summed E-state index contributed by atoms with van der Waals surface area (Å²) in [5.41, 5.74) is -0.0803. The number of fused-ring (bicyclic) bond motifs is 1. The third-order valence-corrected chi connectivity index (χ3v) is 7.51. The van der Waals surface area contributed by atoms with Crippen molar-refractivity contribution in [2.75, 3.05) is 26.0 Å². The Bertz CT molecular complexity index is 1480. The number of amides is 2. The molecule has 12 nitrogen and oxygen atoms in total. The van der Waals surface area contributed by atoms with E-state index in [4.69, 9.17) is 18.4 Å². The van der Waals surface area contributed by atoms with Gasteiger partial charge in [0.2, 0.25) is 0 Å². The predicted molar refractivity (Wildman–Crippen MR) is 159 cm³/mol. The van der Waals surface area contributed by atoms with Crippen molar-refractivity contribution in [3.63, 3.8) is 0 Å². The van der Waals surface area contributed by atoms with Gasteiger partial charge in [0.25, 0.3) is 16.0 Å². The van der Waals surface area contributed by atoms with Crippen molar-refractivity contribution in [3.8, 4) is 5.75 Å². The monoisotopic (exact) mass is 638 g/mol. The maximum atomic E-state index is 13.0. The number of nitrogens with zero attached hydrogens (tertiary/aromatic N) is 1. The van der Waals surface area contributed by atoms with Crippen LogP contribution in [0.2, 0.25) is 0 Å². The zero-order valence-electron chi connectivity index (χ0n) is 25.4. The summed E-state index contributed by atoms with van der Waals surface area (Å²) in [5, 5.41) is 2.62. The van der Waals surface area contributed by atoms with Gasteiger partial charge in [0, 0.05) is 22.5 Å². The van der Waals surface area contributed by atoms with E-state index in [1.807, 2.05) is 0 Å². The Morgan fingerprint density at radius 2 is 1.67 bits per heavy atom. The molecule has 14 heteroatoms. The number of Topliss-reactive ketones (excluding diaryl/α,β-unsaturated/α-hetero) is 1. The van der Waals surface area contributed by atoms with Crippen LogP contribution < -0.4 is 10.1 Å². The van der Waals surface area contributed by atoms with Crippen LogP contribution >= 0.6 is 11.3 Å². The molecule has 2 amide bonds. The lowest BCUT2D eigenvalue weighted by Crippen LogP contribution is -2.39. The zero-order valence-corrected chi connectivity index (χ0v) is 27.0. The lowest BCUT2D eigenvalue weighted by atomic mass is 10.1. The fraction of sp³-hybridized carbons (Fsp3) is 0.517. The number of hydrogen-bond donors (Lipinski definition) is 1. The molecule has 43 heavy (non-hydrogen) atoms. The molecule has 0 spiro atoms. The van der Waals surface area contributed by atoms with Crippen LogP contribution in [-0.4, -0.2) is 74.2 Å². The van der Waals surface area contributed by atoms with Gasteiger partial charge in [0.15, 0.2) is 12.4 Å². The standard InChI is InChI=1S/C29H38N2O10S2/c1-28(2,3)40-25(33)17-38-22-9-8-18(12-20(22)16-39-43(7,36)37)21(32)14-30-26(34)24-13-19-15-31(11-10-23(19)42-24)27(35)41-29(4,5)6/h8-9,12-13H,10-11,14-17H2,1-7H3,(H,30,34). The third-order valence-electron chi connectivity index (χ3n) is 5.73. The van der Waals surface area contributed by atoms with Crippen molar-refractivity contribution < 1.29 is 46.0 Å². The SMILES string of the molecule is CC(C)(C)OC(=O)COc1ccc(C(=O)CNC(=O)c2cc3c(s2)CCN(C(=O)OC(C)(C)C)C3)cc1COS(C)(=O)=O. The van der Waals surface area contributed by atoms with Crippen LogP contribution in [0.1, 0.15) is 77.6 Å². The number of benzene rings is 1. The van der Waals surface area contributed by atoms with Gasteiger partial charge in [-0.3, -0.25) is 13.8 Å². The number of carbonyl (C=O) groups excluding carboxylic acids is 4. The van der Waals surface area contributed by atoms with E-state index in [2.05, 4.69) is 5.32 Å². The molecule has 1 aliphatic heterocycles. The molecule has 0 bridgehead atoms. The van der Waals surface area contributed by atoms with E-state index in [0.29, 0.717) is 24.4 Å². The first kappa shape index (κ1) is 34.0. The van der Waals surface area contributed by atoms with E-state index >= 15 is 0 Å². The number of ether oxygens (including phenoxy) is 3. The number of nitrogens with one attached hydrogen (secondary N) is 1. The summed E-state index contributed by atoms with van der Waals surface area (Å²) >= 11 is 1.31. The second kappa shape index (κ2) is 13.4. The molecule has 0 aliphatic carbocycles. The van der Waals surface area contributed by atoms with Gasteiger partial charge in [-0.15, -0.1) is 11.3 Å². The van der Waals surface area contributed by atoms with Crippen molar-refractivity contribution in [3.05, 3.63) is 50.7 Å². The molecule has 2 heterocycles. The summed E-state index contributed by atoms with van der Waals surface area (Å²) in [7, 11) is -3.81. The van der Waals surface area contributed by atoms with E-state index in [-0.39, 0.29) is 23.4 Å². The smallest absolute Gasteiger partial charge is 0.410 e. The van der Waals surface area contributed by atoms with Crippen molar-refractivity contribution in [2.45, 2.75) is 72.3 Å². The first-order valence-electron chi connectivity index (χ1n) is 13.5. The van der Waals surface area contributed by atoms with Gasteiger partial charge in [-0.2, -0.15) is 8.42 Å². The highest BCUT2D eigenvalue weighted by Crippen LogP contribution is 2.29. The maximum absolute atomic E-state index is 13.0. The van der Waals surface area contributed by atoms with E-state index in [0.717, 1.165) is 16.7 Å². The molecule has 0 radical (unpaired) electrons. The summed E-state index contributed by atoms with van der Waals surface area (Å²) in [4.78, 5) is 53.4. The molecule has 1 N–H and O–H groups in total. The highest BCUT2D eigenvalue weighted by Gasteiger charge is 2.28. The summed E-state index contributed by atoms with van der Waals surface area (Å²) < 4.78 is 44.2. The topological polar surface area (TPSA) is 155 Å². The fourth-order valence-corrected chi connectivity index (χ4v) is 5.38. The molecule has 2 aromatic rings. The fourth-order valence-electron chi connectivity index (χ4n) is 3.96.